The van der Waals surface area contributed by atoms with Gasteiger partial charge in [-0.3, -0.25) is 4.98 Å². The van der Waals surface area contributed by atoms with Crippen molar-refractivity contribution in [3.05, 3.63) is 48.8 Å². The van der Waals surface area contributed by atoms with E-state index in [2.05, 4.69) is 19.9 Å². The lowest BCUT2D eigenvalue weighted by Crippen LogP contribution is -2.50. The molecular formula is C17H17F3N4O2. The van der Waals surface area contributed by atoms with Crippen molar-refractivity contribution < 1.29 is 22.7 Å². The normalized spacial score (nSPS) is 14.9. The van der Waals surface area contributed by atoms with Gasteiger partial charge >= 0.3 is 12.4 Å². The van der Waals surface area contributed by atoms with E-state index < -0.39 is 6.36 Å². The lowest BCUT2D eigenvalue weighted by atomic mass is 10.2. The lowest BCUT2D eigenvalue weighted by molar-refractivity contribution is -0.274. The highest BCUT2D eigenvalue weighted by Gasteiger charge is 2.31. The van der Waals surface area contributed by atoms with Gasteiger partial charge in [-0.25, -0.2) is 4.79 Å². The monoisotopic (exact) mass is 366 g/mol. The average molecular weight is 366 g/mol. The van der Waals surface area contributed by atoms with E-state index in [0.717, 1.165) is 11.8 Å². The summed E-state index contributed by atoms with van der Waals surface area (Å²) < 4.78 is 40.7. The summed E-state index contributed by atoms with van der Waals surface area (Å²) >= 11 is 0. The van der Waals surface area contributed by atoms with Gasteiger partial charge in [0.1, 0.15) is 5.75 Å². The average Bonchev–Trinajstić information content (AvgIpc) is 2.61. The van der Waals surface area contributed by atoms with Crippen LogP contribution < -0.4 is 15.0 Å². The van der Waals surface area contributed by atoms with Crippen molar-refractivity contribution in [3.8, 4) is 5.75 Å². The summed E-state index contributed by atoms with van der Waals surface area (Å²) in [5, 5.41) is 2.60. The fourth-order valence-corrected chi connectivity index (χ4v) is 2.70. The van der Waals surface area contributed by atoms with Crippen LogP contribution in [0.5, 0.6) is 5.75 Å². The molecule has 9 heteroatoms. The van der Waals surface area contributed by atoms with Gasteiger partial charge in [0.2, 0.25) is 0 Å². The van der Waals surface area contributed by atoms with E-state index in [1.54, 1.807) is 17.3 Å². The van der Waals surface area contributed by atoms with E-state index in [1.807, 2.05) is 12.1 Å². The summed E-state index contributed by atoms with van der Waals surface area (Å²) in [6.45, 7) is 2.34. The number of nitrogens with zero attached hydrogens (tertiary/aromatic N) is 3. The molecule has 0 unspecified atom stereocenters. The SMILES string of the molecule is O=C(Nc1cccc(OC(F)(F)F)c1)N1CCN(c2ccncc2)CC1. The minimum Gasteiger partial charge on any atom is -0.406 e. The van der Waals surface area contributed by atoms with E-state index in [0.29, 0.717) is 26.2 Å². The quantitative estimate of drug-likeness (QED) is 0.905. The van der Waals surface area contributed by atoms with E-state index in [1.165, 1.54) is 18.2 Å². The third-order valence-corrected chi connectivity index (χ3v) is 3.91. The van der Waals surface area contributed by atoms with Gasteiger partial charge in [0.25, 0.3) is 0 Å². The second-order valence-electron chi connectivity index (χ2n) is 5.69. The number of alkyl halides is 3. The maximum Gasteiger partial charge on any atom is 0.573 e. The summed E-state index contributed by atoms with van der Waals surface area (Å²) in [7, 11) is 0. The minimum atomic E-state index is -4.77. The third-order valence-electron chi connectivity index (χ3n) is 3.91. The third kappa shape index (κ3) is 4.78. The molecule has 26 heavy (non-hydrogen) atoms. The number of hydrogen-bond acceptors (Lipinski definition) is 4. The lowest BCUT2D eigenvalue weighted by Gasteiger charge is -2.36. The Balaban J connectivity index is 1.55. The van der Waals surface area contributed by atoms with Crippen molar-refractivity contribution in [2.45, 2.75) is 6.36 Å². The Labute approximate surface area is 148 Å². The minimum absolute atomic E-state index is 0.244. The molecule has 1 fully saturated rings. The van der Waals surface area contributed by atoms with Crippen LogP contribution in [0, 0.1) is 0 Å². The fourth-order valence-electron chi connectivity index (χ4n) is 2.70. The number of pyridine rings is 1. The standard InChI is InChI=1S/C17H17F3N4O2/c18-17(19,20)26-15-3-1-2-13(12-15)22-16(25)24-10-8-23(9-11-24)14-4-6-21-7-5-14/h1-7,12H,8-11H2,(H,22,25). The number of rotatable bonds is 3. The number of halogens is 3. The molecule has 1 saturated heterocycles. The Morgan fingerprint density at radius 1 is 1.08 bits per heavy atom. The number of benzene rings is 1. The number of amides is 2. The Hall–Kier alpha value is -2.97. The fraction of sp³-hybridized carbons (Fsp3) is 0.294. The highest BCUT2D eigenvalue weighted by molar-refractivity contribution is 5.89. The number of hydrogen-bond donors (Lipinski definition) is 1. The Morgan fingerprint density at radius 2 is 1.77 bits per heavy atom. The Morgan fingerprint density at radius 3 is 2.42 bits per heavy atom. The van der Waals surface area contributed by atoms with E-state index in [9.17, 15) is 18.0 Å². The van der Waals surface area contributed by atoms with Crippen LogP contribution in [0.3, 0.4) is 0 Å². The molecule has 0 aliphatic carbocycles. The second-order valence-corrected chi connectivity index (χ2v) is 5.69. The van der Waals surface area contributed by atoms with Crippen molar-refractivity contribution in [2.24, 2.45) is 0 Å². The largest absolute Gasteiger partial charge is 0.573 e. The summed E-state index contributed by atoms with van der Waals surface area (Å²) in [4.78, 5) is 20.1. The zero-order valence-corrected chi connectivity index (χ0v) is 13.7. The molecule has 3 rings (SSSR count). The first kappa shape index (κ1) is 17.8. The number of carbonyl (C=O) groups is 1. The Kier molecular flexibility index (Phi) is 5.15. The molecule has 2 amide bonds. The van der Waals surface area contributed by atoms with E-state index in [4.69, 9.17) is 0 Å². The highest BCUT2D eigenvalue weighted by atomic mass is 19.4. The van der Waals surface area contributed by atoms with Gasteiger partial charge in [-0.1, -0.05) is 6.07 Å². The van der Waals surface area contributed by atoms with Gasteiger partial charge in [0.15, 0.2) is 0 Å². The molecule has 0 spiro atoms. The van der Waals surface area contributed by atoms with Crippen molar-refractivity contribution in [1.29, 1.82) is 0 Å². The molecule has 1 aliphatic rings. The predicted molar refractivity (Wildman–Crippen MR) is 90.2 cm³/mol. The highest BCUT2D eigenvalue weighted by Crippen LogP contribution is 2.25. The number of nitrogens with one attached hydrogen (secondary N) is 1. The van der Waals surface area contributed by atoms with Crippen molar-refractivity contribution in [3.63, 3.8) is 0 Å². The van der Waals surface area contributed by atoms with Crippen molar-refractivity contribution in [2.75, 3.05) is 36.4 Å². The number of aromatic nitrogens is 1. The molecule has 2 aromatic rings. The molecular weight excluding hydrogens is 349 g/mol. The van der Waals surface area contributed by atoms with Crippen LogP contribution in [0.2, 0.25) is 0 Å². The molecule has 138 valence electrons. The number of ether oxygens (including phenoxy) is 1. The molecule has 0 saturated carbocycles. The van der Waals surface area contributed by atoms with Crippen LogP contribution in [0.25, 0.3) is 0 Å². The first-order valence-electron chi connectivity index (χ1n) is 7.97. The maximum atomic E-state index is 12.3. The number of urea groups is 1. The van der Waals surface area contributed by atoms with Gasteiger partial charge in [0, 0.05) is 56.0 Å². The van der Waals surface area contributed by atoms with Crippen LogP contribution in [-0.4, -0.2) is 48.5 Å². The molecule has 1 aromatic heterocycles. The topological polar surface area (TPSA) is 57.7 Å². The van der Waals surface area contributed by atoms with Gasteiger partial charge in [-0.05, 0) is 24.3 Å². The summed E-state index contributed by atoms with van der Waals surface area (Å²) in [6, 6.07) is 8.66. The molecule has 0 atom stereocenters. The smallest absolute Gasteiger partial charge is 0.406 e. The molecule has 2 heterocycles. The predicted octanol–water partition coefficient (Wildman–Crippen LogP) is 3.33. The van der Waals surface area contributed by atoms with Crippen LogP contribution in [0.4, 0.5) is 29.3 Å². The molecule has 0 radical (unpaired) electrons. The zero-order valence-electron chi connectivity index (χ0n) is 13.7. The number of piperazine rings is 1. The van der Waals surface area contributed by atoms with E-state index in [-0.39, 0.29) is 17.5 Å². The summed E-state index contributed by atoms with van der Waals surface area (Å²) in [6.07, 6.45) is -1.35. The van der Waals surface area contributed by atoms with Gasteiger partial charge in [0.05, 0.1) is 0 Å². The number of carbonyl (C=O) groups excluding carboxylic acids is 1. The van der Waals surface area contributed by atoms with Crippen LogP contribution in [0.1, 0.15) is 0 Å². The maximum absolute atomic E-state index is 12.3. The number of anilines is 2. The Bertz CT molecular complexity index is 747. The van der Waals surface area contributed by atoms with Crippen LogP contribution in [-0.2, 0) is 0 Å². The second kappa shape index (κ2) is 7.51. The van der Waals surface area contributed by atoms with Crippen molar-refractivity contribution in [1.82, 2.24) is 9.88 Å². The summed E-state index contributed by atoms with van der Waals surface area (Å²) in [5.41, 5.74) is 1.28. The van der Waals surface area contributed by atoms with E-state index >= 15 is 0 Å². The molecule has 1 N–H and O–H groups in total. The van der Waals surface area contributed by atoms with Gasteiger partial charge in [-0.15, -0.1) is 13.2 Å². The molecule has 1 aromatic carbocycles. The zero-order chi connectivity index (χ0) is 18.6. The first-order valence-corrected chi connectivity index (χ1v) is 7.97. The molecule has 0 bridgehead atoms. The van der Waals surface area contributed by atoms with Crippen molar-refractivity contribution >= 4 is 17.4 Å². The summed E-state index contributed by atoms with van der Waals surface area (Å²) in [5.74, 6) is -0.377. The first-order chi connectivity index (χ1) is 12.4. The van der Waals surface area contributed by atoms with Crippen LogP contribution in [0.15, 0.2) is 48.8 Å². The van der Waals surface area contributed by atoms with Crippen LogP contribution >= 0.6 is 0 Å². The molecule has 6 nitrogen and oxygen atoms in total. The van der Waals surface area contributed by atoms with Gasteiger partial charge in [-0.2, -0.15) is 0 Å². The molecule has 1 aliphatic heterocycles. The van der Waals surface area contributed by atoms with Gasteiger partial charge < -0.3 is 19.9 Å².